The predicted molar refractivity (Wildman–Crippen MR) is 57.4 cm³/mol. The highest BCUT2D eigenvalue weighted by Gasteiger charge is 2.38. The van der Waals surface area contributed by atoms with Crippen LogP contribution in [0.15, 0.2) is 0 Å². The molecule has 1 fully saturated rings. The van der Waals surface area contributed by atoms with Crippen LogP contribution in [0, 0.1) is 0 Å². The molecule has 92 valence electrons. The van der Waals surface area contributed by atoms with E-state index in [-0.39, 0.29) is 11.5 Å². The van der Waals surface area contributed by atoms with Crippen molar-refractivity contribution in [2.24, 2.45) is 0 Å². The lowest BCUT2D eigenvalue weighted by Crippen LogP contribution is -2.44. The lowest BCUT2D eigenvalue weighted by Gasteiger charge is -2.29. The minimum absolute atomic E-state index is 0.0832. The summed E-state index contributed by atoms with van der Waals surface area (Å²) in [7, 11) is -2.59. The van der Waals surface area contributed by atoms with Gasteiger partial charge in [0.05, 0.1) is 0 Å². The summed E-state index contributed by atoms with van der Waals surface area (Å²) >= 11 is 0. The molecule has 0 aliphatic carbocycles. The van der Waals surface area contributed by atoms with Gasteiger partial charge in [-0.15, -0.1) is 0 Å². The van der Waals surface area contributed by atoms with E-state index in [0.29, 0.717) is 10.8 Å². The zero-order valence-corrected chi connectivity index (χ0v) is 10.5. The van der Waals surface area contributed by atoms with Gasteiger partial charge in [-0.25, -0.2) is 8.42 Å². The van der Waals surface area contributed by atoms with Crippen molar-refractivity contribution in [2.45, 2.75) is 26.1 Å². The topological polar surface area (TPSA) is 86.7 Å². The number of carbonyl (C=O) groups is 2. The maximum Gasteiger partial charge on any atom is 0.303 e. The van der Waals surface area contributed by atoms with E-state index >= 15 is 0 Å². The summed E-state index contributed by atoms with van der Waals surface area (Å²) in [5.74, 6) is -1.36. The van der Waals surface area contributed by atoms with Gasteiger partial charge in [-0.2, -0.15) is 0 Å². The van der Waals surface area contributed by atoms with Crippen LogP contribution in [-0.2, 0) is 27.9 Å². The highest BCUT2D eigenvalue weighted by Crippen LogP contribution is 2.27. The molecule has 0 N–H and O–H groups in total. The van der Waals surface area contributed by atoms with E-state index < -0.39 is 33.0 Å². The summed E-state index contributed by atoms with van der Waals surface area (Å²) in [5, 5.41) is 0. The molecule has 8 heteroatoms. The van der Waals surface area contributed by atoms with Crippen LogP contribution >= 0.6 is 10.8 Å². The molecular formula is C8H12O6S2. The average molecular weight is 268 g/mol. The van der Waals surface area contributed by atoms with Crippen LogP contribution in [0.2, 0.25) is 0 Å². The summed E-state index contributed by atoms with van der Waals surface area (Å²) in [4.78, 5) is 21.6. The van der Waals surface area contributed by atoms with Crippen LogP contribution in [-0.4, -0.2) is 44.1 Å². The SMILES string of the molecule is CC(=O)O[C@H]1CSS(=O)(=O)C[C@@H]1OC(C)=O. The van der Waals surface area contributed by atoms with Crippen LogP contribution in [0.1, 0.15) is 13.8 Å². The molecule has 1 aliphatic rings. The molecule has 0 unspecified atom stereocenters. The highest BCUT2D eigenvalue weighted by atomic mass is 33.1. The molecule has 1 saturated heterocycles. The molecule has 0 radical (unpaired) electrons. The Balaban J connectivity index is 2.75. The minimum Gasteiger partial charge on any atom is -0.458 e. The third-order valence-electron chi connectivity index (χ3n) is 1.83. The molecule has 0 aromatic heterocycles. The lowest BCUT2D eigenvalue weighted by molar-refractivity contribution is -0.161. The van der Waals surface area contributed by atoms with Crippen molar-refractivity contribution in [3.63, 3.8) is 0 Å². The molecule has 0 aromatic carbocycles. The van der Waals surface area contributed by atoms with Crippen LogP contribution in [0.25, 0.3) is 0 Å². The van der Waals surface area contributed by atoms with Gasteiger partial charge in [0.2, 0.25) is 8.87 Å². The van der Waals surface area contributed by atoms with Gasteiger partial charge < -0.3 is 9.47 Å². The summed E-state index contributed by atoms with van der Waals surface area (Å²) < 4.78 is 32.3. The van der Waals surface area contributed by atoms with E-state index in [2.05, 4.69) is 0 Å². The number of esters is 2. The average Bonchev–Trinajstić information content (AvgIpc) is 2.07. The Kier molecular flexibility index (Phi) is 4.20. The van der Waals surface area contributed by atoms with Crippen molar-refractivity contribution in [2.75, 3.05) is 11.5 Å². The largest absolute Gasteiger partial charge is 0.458 e. The molecule has 2 atom stereocenters. The highest BCUT2D eigenvalue weighted by molar-refractivity contribution is 8.72. The molecule has 6 nitrogen and oxygen atoms in total. The molecule has 0 saturated carbocycles. The first kappa shape index (κ1) is 13.3. The first-order chi connectivity index (χ1) is 7.30. The number of hydrogen-bond donors (Lipinski definition) is 0. The Morgan fingerprint density at radius 3 is 2.12 bits per heavy atom. The standard InChI is InChI=1S/C8H12O6S2/c1-5(9)13-7-3-15-16(11,12)4-8(7)14-6(2)10/h7-8H,3-4H2,1-2H3/t7-,8-/m0/s1. The summed E-state index contributed by atoms with van der Waals surface area (Å²) in [6.45, 7) is 2.40. The number of carbonyl (C=O) groups excluding carboxylic acids is 2. The zero-order valence-electron chi connectivity index (χ0n) is 8.83. The normalized spacial score (nSPS) is 28.1. The molecule has 16 heavy (non-hydrogen) atoms. The van der Waals surface area contributed by atoms with Crippen LogP contribution in [0.4, 0.5) is 0 Å². The Morgan fingerprint density at radius 2 is 1.62 bits per heavy atom. The third kappa shape index (κ3) is 4.01. The summed E-state index contributed by atoms with van der Waals surface area (Å²) in [6.07, 6.45) is -1.61. The van der Waals surface area contributed by atoms with Crippen molar-refractivity contribution in [1.29, 1.82) is 0 Å². The fourth-order valence-corrected chi connectivity index (χ4v) is 4.40. The second kappa shape index (κ2) is 5.05. The molecule has 0 bridgehead atoms. The quantitative estimate of drug-likeness (QED) is 0.511. The van der Waals surface area contributed by atoms with Crippen molar-refractivity contribution in [3.8, 4) is 0 Å². The van der Waals surface area contributed by atoms with E-state index in [1.54, 1.807) is 0 Å². The Bertz CT molecular complexity index is 387. The second-order valence-corrected chi connectivity index (χ2v) is 7.55. The molecule has 0 amide bonds. The monoisotopic (exact) mass is 268 g/mol. The van der Waals surface area contributed by atoms with E-state index in [4.69, 9.17) is 9.47 Å². The fourth-order valence-electron chi connectivity index (χ4n) is 1.28. The fraction of sp³-hybridized carbons (Fsp3) is 0.750. The van der Waals surface area contributed by atoms with Gasteiger partial charge in [-0.05, 0) is 10.8 Å². The van der Waals surface area contributed by atoms with Gasteiger partial charge in [-0.1, -0.05) is 0 Å². The number of ether oxygens (including phenoxy) is 2. The predicted octanol–water partition coefficient (Wildman–Crippen LogP) is -0.0736. The van der Waals surface area contributed by atoms with Crippen LogP contribution in [0.3, 0.4) is 0 Å². The maximum atomic E-state index is 11.3. The van der Waals surface area contributed by atoms with Gasteiger partial charge in [0.15, 0.2) is 6.10 Å². The van der Waals surface area contributed by atoms with Gasteiger partial charge in [0.1, 0.15) is 11.9 Å². The van der Waals surface area contributed by atoms with E-state index in [0.717, 1.165) is 0 Å². The van der Waals surface area contributed by atoms with Gasteiger partial charge in [-0.3, -0.25) is 9.59 Å². The zero-order chi connectivity index (χ0) is 12.3. The first-order valence-corrected chi connectivity index (χ1v) is 7.67. The van der Waals surface area contributed by atoms with Crippen molar-refractivity contribution in [1.82, 2.24) is 0 Å². The summed E-state index contributed by atoms with van der Waals surface area (Å²) in [6, 6.07) is 0. The smallest absolute Gasteiger partial charge is 0.303 e. The molecule has 1 aliphatic heterocycles. The van der Waals surface area contributed by atoms with Crippen molar-refractivity contribution >= 4 is 31.6 Å². The van der Waals surface area contributed by atoms with E-state index in [1.807, 2.05) is 0 Å². The minimum atomic E-state index is -3.30. The number of rotatable bonds is 2. The van der Waals surface area contributed by atoms with Crippen LogP contribution < -0.4 is 0 Å². The third-order valence-corrected chi connectivity index (χ3v) is 5.28. The summed E-state index contributed by atoms with van der Waals surface area (Å²) in [5.41, 5.74) is 0. The first-order valence-electron chi connectivity index (χ1n) is 4.52. The van der Waals surface area contributed by atoms with Crippen molar-refractivity contribution < 1.29 is 27.5 Å². The Morgan fingerprint density at radius 1 is 1.12 bits per heavy atom. The second-order valence-electron chi connectivity index (χ2n) is 3.30. The molecule has 0 spiro atoms. The lowest BCUT2D eigenvalue weighted by atomic mass is 10.2. The van der Waals surface area contributed by atoms with Crippen molar-refractivity contribution in [3.05, 3.63) is 0 Å². The van der Waals surface area contributed by atoms with Gasteiger partial charge in [0.25, 0.3) is 0 Å². The number of hydrogen-bond acceptors (Lipinski definition) is 7. The molecular weight excluding hydrogens is 256 g/mol. The van der Waals surface area contributed by atoms with E-state index in [1.165, 1.54) is 13.8 Å². The Labute approximate surface area is 97.0 Å². The molecule has 1 rings (SSSR count). The van der Waals surface area contributed by atoms with E-state index in [9.17, 15) is 18.0 Å². The molecule has 0 aromatic rings. The molecule has 1 heterocycles. The maximum absolute atomic E-state index is 11.3. The van der Waals surface area contributed by atoms with Crippen LogP contribution in [0.5, 0.6) is 0 Å². The Hall–Kier alpha value is -0.760. The van der Waals surface area contributed by atoms with Gasteiger partial charge in [0, 0.05) is 19.6 Å². The van der Waals surface area contributed by atoms with Gasteiger partial charge >= 0.3 is 11.9 Å².